The summed E-state index contributed by atoms with van der Waals surface area (Å²) >= 11 is 3.12. The fourth-order valence-corrected chi connectivity index (χ4v) is 3.04. The highest BCUT2D eigenvalue weighted by Gasteiger charge is 2.24. The zero-order chi connectivity index (χ0) is 15.6. The molecule has 21 heavy (non-hydrogen) atoms. The van der Waals surface area contributed by atoms with Crippen LogP contribution in [0.1, 0.15) is 16.8 Å². The van der Waals surface area contributed by atoms with Crippen molar-refractivity contribution in [3.63, 3.8) is 0 Å². The molecule has 0 aromatic heterocycles. The molecule has 0 N–H and O–H groups in total. The minimum Gasteiger partial charge on any atom is -0.341 e. The van der Waals surface area contributed by atoms with Crippen molar-refractivity contribution in [1.82, 2.24) is 9.80 Å². The van der Waals surface area contributed by atoms with Gasteiger partial charge in [0, 0.05) is 31.8 Å². The largest absolute Gasteiger partial charge is 0.341 e. The van der Waals surface area contributed by atoms with Crippen molar-refractivity contribution in [2.24, 2.45) is 5.92 Å². The molecule has 1 heterocycles. The summed E-state index contributed by atoms with van der Waals surface area (Å²) in [6.07, 6.45) is 1.08. The maximum absolute atomic E-state index is 12.4. The van der Waals surface area contributed by atoms with Crippen molar-refractivity contribution in [3.05, 3.63) is 38.3 Å². The van der Waals surface area contributed by atoms with Gasteiger partial charge in [0.05, 0.1) is 9.40 Å². The van der Waals surface area contributed by atoms with Crippen LogP contribution in [0.25, 0.3) is 0 Å². The van der Waals surface area contributed by atoms with E-state index in [9.17, 15) is 14.9 Å². The van der Waals surface area contributed by atoms with E-state index in [1.54, 1.807) is 24.1 Å². The van der Waals surface area contributed by atoms with E-state index in [2.05, 4.69) is 27.9 Å². The second-order valence-corrected chi connectivity index (χ2v) is 6.38. The van der Waals surface area contributed by atoms with Crippen LogP contribution in [0.15, 0.2) is 22.7 Å². The van der Waals surface area contributed by atoms with Gasteiger partial charge in [-0.2, -0.15) is 0 Å². The Balaban J connectivity index is 2.08. The molecule has 1 fully saturated rings. The van der Waals surface area contributed by atoms with Gasteiger partial charge in [-0.15, -0.1) is 0 Å². The average Bonchev–Trinajstić information content (AvgIpc) is 2.83. The van der Waals surface area contributed by atoms with Gasteiger partial charge < -0.3 is 9.80 Å². The third kappa shape index (κ3) is 3.79. The van der Waals surface area contributed by atoms with Gasteiger partial charge in [-0.1, -0.05) is 0 Å². The lowest BCUT2D eigenvalue weighted by molar-refractivity contribution is -0.385. The van der Waals surface area contributed by atoms with Gasteiger partial charge in [0.2, 0.25) is 0 Å². The second kappa shape index (κ2) is 6.53. The Morgan fingerprint density at radius 2 is 2.29 bits per heavy atom. The van der Waals surface area contributed by atoms with Gasteiger partial charge in [0.1, 0.15) is 0 Å². The lowest BCUT2D eigenvalue weighted by atomic mass is 10.1. The number of halogens is 1. The molecule has 1 saturated heterocycles. The molecule has 1 aliphatic heterocycles. The van der Waals surface area contributed by atoms with E-state index in [-0.39, 0.29) is 11.6 Å². The Hall–Kier alpha value is -1.47. The number of hydrogen-bond acceptors (Lipinski definition) is 4. The molecule has 1 aromatic carbocycles. The van der Waals surface area contributed by atoms with Crippen LogP contribution in [0.4, 0.5) is 5.69 Å². The summed E-state index contributed by atoms with van der Waals surface area (Å²) in [5, 5.41) is 10.9. The minimum absolute atomic E-state index is 0.0881. The third-order valence-corrected chi connectivity index (χ3v) is 4.43. The topological polar surface area (TPSA) is 66.7 Å². The van der Waals surface area contributed by atoms with Crippen LogP contribution in [0.2, 0.25) is 0 Å². The molecule has 114 valence electrons. The van der Waals surface area contributed by atoms with E-state index < -0.39 is 4.92 Å². The molecule has 1 aromatic rings. The minimum atomic E-state index is -0.493. The summed E-state index contributed by atoms with van der Waals surface area (Å²) < 4.78 is 0.379. The number of nitro benzene ring substituents is 1. The van der Waals surface area contributed by atoms with E-state index in [1.807, 2.05) is 0 Å². The summed E-state index contributed by atoms with van der Waals surface area (Å²) in [5.41, 5.74) is 0.258. The molecular weight excluding hydrogens is 338 g/mol. The monoisotopic (exact) mass is 355 g/mol. The molecule has 0 saturated carbocycles. The predicted molar refractivity (Wildman–Crippen MR) is 83.4 cm³/mol. The van der Waals surface area contributed by atoms with Crippen molar-refractivity contribution in [3.8, 4) is 0 Å². The standard InChI is InChI=1S/C14H18BrN3O3/c1-16-6-5-10(8-16)9-17(2)14(19)11-3-4-12(15)13(7-11)18(20)21/h3-4,7,10H,5-6,8-9H2,1-2H3. The van der Waals surface area contributed by atoms with Crippen LogP contribution in [0.3, 0.4) is 0 Å². The van der Waals surface area contributed by atoms with Gasteiger partial charge in [-0.25, -0.2) is 0 Å². The Kier molecular flexibility index (Phi) is 4.95. The van der Waals surface area contributed by atoms with Gasteiger partial charge in [0.15, 0.2) is 0 Å². The predicted octanol–water partition coefficient (Wildman–Crippen LogP) is 2.38. The number of amides is 1. The zero-order valence-corrected chi connectivity index (χ0v) is 13.7. The van der Waals surface area contributed by atoms with Crippen molar-refractivity contribution in [1.29, 1.82) is 0 Å². The maximum atomic E-state index is 12.4. The molecule has 0 spiro atoms. The van der Waals surface area contributed by atoms with Crippen molar-refractivity contribution in [2.75, 3.05) is 33.7 Å². The first-order chi connectivity index (χ1) is 9.88. The summed E-state index contributed by atoms with van der Waals surface area (Å²) in [5.74, 6) is 0.287. The lowest BCUT2D eigenvalue weighted by Crippen LogP contribution is -2.32. The normalized spacial score (nSPS) is 18.7. The molecule has 2 rings (SSSR count). The number of benzene rings is 1. The van der Waals surface area contributed by atoms with E-state index in [1.165, 1.54) is 6.07 Å². The molecule has 6 nitrogen and oxygen atoms in total. The van der Waals surface area contributed by atoms with Gasteiger partial charge in [-0.05, 0) is 54.0 Å². The van der Waals surface area contributed by atoms with E-state index in [0.717, 1.165) is 19.5 Å². The smallest absolute Gasteiger partial charge is 0.284 e. The number of carbonyl (C=O) groups is 1. The molecular formula is C14H18BrN3O3. The van der Waals surface area contributed by atoms with Gasteiger partial charge >= 0.3 is 0 Å². The first kappa shape index (κ1) is 15.9. The Bertz CT molecular complexity index is 564. The van der Waals surface area contributed by atoms with Crippen LogP contribution in [0, 0.1) is 16.0 Å². The highest BCUT2D eigenvalue weighted by molar-refractivity contribution is 9.10. The Morgan fingerprint density at radius 3 is 2.86 bits per heavy atom. The average molecular weight is 356 g/mol. The summed E-state index contributed by atoms with van der Waals surface area (Å²) in [7, 11) is 3.81. The second-order valence-electron chi connectivity index (χ2n) is 5.53. The zero-order valence-electron chi connectivity index (χ0n) is 12.1. The van der Waals surface area contributed by atoms with E-state index >= 15 is 0 Å². The number of carbonyl (C=O) groups excluding carboxylic acids is 1. The highest BCUT2D eigenvalue weighted by atomic mass is 79.9. The number of rotatable bonds is 4. The molecule has 0 bridgehead atoms. The van der Waals surface area contributed by atoms with Crippen LogP contribution >= 0.6 is 15.9 Å². The van der Waals surface area contributed by atoms with E-state index in [0.29, 0.717) is 22.5 Å². The number of nitro groups is 1. The number of likely N-dealkylation sites (tertiary alicyclic amines) is 1. The van der Waals surface area contributed by atoms with Crippen molar-refractivity contribution in [2.45, 2.75) is 6.42 Å². The first-order valence-electron chi connectivity index (χ1n) is 6.76. The fraction of sp³-hybridized carbons (Fsp3) is 0.500. The lowest BCUT2D eigenvalue weighted by Gasteiger charge is -2.21. The summed E-state index contributed by atoms with van der Waals surface area (Å²) in [6.45, 7) is 2.71. The highest BCUT2D eigenvalue weighted by Crippen LogP contribution is 2.26. The number of nitrogens with zero attached hydrogens (tertiary/aromatic N) is 3. The van der Waals surface area contributed by atoms with Crippen molar-refractivity contribution < 1.29 is 9.72 Å². The summed E-state index contributed by atoms with van der Waals surface area (Å²) in [4.78, 5) is 26.7. The SMILES string of the molecule is CN1CCC(CN(C)C(=O)c2ccc(Br)c([N+](=O)[O-])c2)C1. The first-order valence-corrected chi connectivity index (χ1v) is 7.55. The van der Waals surface area contributed by atoms with Crippen LogP contribution in [-0.4, -0.2) is 54.4 Å². The van der Waals surface area contributed by atoms with Crippen LogP contribution in [-0.2, 0) is 0 Å². The number of hydrogen-bond donors (Lipinski definition) is 0. The molecule has 1 atom stereocenters. The molecule has 1 amide bonds. The van der Waals surface area contributed by atoms with Crippen LogP contribution in [0.5, 0.6) is 0 Å². The molecule has 7 heteroatoms. The van der Waals surface area contributed by atoms with Crippen molar-refractivity contribution >= 4 is 27.5 Å². The van der Waals surface area contributed by atoms with Gasteiger partial charge in [-0.3, -0.25) is 14.9 Å². The maximum Gasteiger partial charge on any atom is 0.284 e. The Morgan fingerprint density at radius 1 is 1.57 bits per heavy atom. The fourth-order valence-electron chi connectivity index (χ4n) is 2.65. The van der Waals surface area contributed by atoms with Gasteiger partial charge in [0.25, 0.3) is 11.6 Å². The molecule has 1 aliphatic rings. The third-order valence-electron chi connectivity index (χ3n) is 3.76. The van der Waals surface area contributed by atoms with Crippen LogP contribution < -0.4 is 0 Å². The van der Waals surface area contributed by atoms with E-state index in [4.69, 9.17) is 0 Å². The molecule has 0 radical (unpaired) electrons. The summed E-state index contributed by atoms with van der Waals surface area (Å²) in [6, 6.07) is 4.48. The quantitative estimate of drug-likeness (QED) is 0.614. The Labute approximate surface area is 132 Å². The molecule has 1 unspecified atom stereocenters. The molecule has 0 aliphatic carbocycles.